The van der Waals surface area contributed by atoms with Gasteiger partial charge >= 0.3 is 0 Å². The molecule has 156 valence electrons. The third-order valence-corrected chi connectivity index (χ3v) is 7.15. The second-order valence-corrected chi connectivity index (χ2v) is 9.31. The zero-order valence-electron chi connectivity index (χ0n) is 16.6. The fraction of sp³-hybridized carbons (Fsp3) is 0.273. The smallest absolute Gasteiger partial charge is 0.243 e. The quantitative estimate of drug-likeness (QED) is 0.661. The van der Waals surface area contributed by atoms with Crippen LogP contribution in [-0.4, -0.2) is 35.8 Å². The first-order valence-electron chi connectivity index (χ1n) is 9.85. The van der Waals surface area contributed by atoms with Crippen LogP contribution in [0.2, 0.25) is 0 Å². The maximum atomic E-state index is 13.1. The second-order valence-electron chi connectivity index (χ2n) is 7.37. The fourth-order valence-corrected chi connectivity index (χ4v) is 5.11. The van der Waals surface area contributed by atoms with Gasteiger partial charge in [0.25, 0.3) is 0 Å². The van der Waals surface area contributed by atoms with Crippen LogP contribution in [0.5, 0.6) is 0 Å². The summed E-state index contributed by atoms with van der Waals surface area (Å²) in [4.78, 5) is 9.27. The van der Waals surface area contributed by atoms with E-state index in [4.69, 9.17) is 4.98 Å². The molecule has 0 radical (unpaired) electrons. The Morgan fingerprint density at radius 1 is 0.933 bits per heavy atom. The van der Waals surface area contributed by atoms with Crippen LogP contribution in [0.1, 0.15) is 30.1 Å². The molecule has 3 heterocycles. The van der Waals surface area contributed by atoms with Crippen LogP contribution in [0.25, 0.3) is 0 Å². The second kappa shape index (κ2) is 8.49. The van der Waals surface area contributed by atoms with Gasteiger partial charge in [-0.05, 0) is 68.3 Å². The lowest BCUT2D eigenvalue weighted by atomic mass is 9.94. The van der Waals surface area contributed by atoms with Crippen LogP contribution in [0.3, 0.4) is 0 Å². The number of piperidine rings is 1. The van der Waals surface area contributed by atoms with Gasteiger partial charge in [0.1, 0.15) is 17.5 Å². The van der Waals surface area contributed by atoms with Crippen LogP contribution in [0.4, 0.5) is 16.0 Å². The van der Waals surface area contributed by atoms with Crippen molar-refractivity contribution in [2.45, 2.75) is 30.6 Å². The molecule has 0 spiro atoms. The largest absolute Gasteiger partial charge is 0.325 e. The summed E-state index contributed by atoms with van der Waals surface area (Å²) in [7, 11) is -3.61. The highest BCUT2D eigenvalue weighted by Gasteiger charge is 2.30. The van der Waals surface area contributed by atoms with Gasteiger partial charge in [0, 0.05) is 30.4 Å². The minimum atomic E-state index is -3.61. The molecule has 4 rings (SSSR count). The molecular weight excluding hydrogens is 403 g/mol. The molecular formula is C22H23FN4O2S. The first kappa shape index (κ1) is 20.4. The lowest BCUT2D eigenvalue weighted by Gasteiger charge is -2.31. The van der Waals surface area contributed by atoms with Gasteiger partial charge in [-0.25, -0.2) is 22.8 Å². The Hall–Kier alpha value is -2.84. The maximum absolute atomic E-state index is 13.1. The highest BCUT2D eigenvalue weighted by molar-refractivity contribution is 7.89. The summed E-state index contributed by atoms with van der Waals surface area (Å²) < 4.78 is 40.2. The molecule has 0 saturated carbocycles. The van der Waals surface area contributed by atoms with Crippen LogP contribution in [0, 0.1) is 12.7 Å². The molecule has 3 aromatic rings. The average Bonchev–Trinajstić information content (AvgIpc) is 2.74. The number of sulfonamides is 1. The monoisotopic (exact) mass is 426 g/mol. The summed E-state index contributed by atoms with van der Waals surface area (Å²) in [5.74, 6) is 1.18. The number of hydrogen-bond acceptors (Lipinski definition) is 5. The van der Waals surface area contributed by atoms with Crippen molar-refractivity contribution < 1.29 is 12.8 Å². The third kappa shape index (κ3) is 4.49. The number of aromatic nitrogens is 2. The van der Waals surface area contributed by atoms with E-state index in [2.05, 4.69) is 10.3 Å². The minimum absolute atomic E-state index is 0.123. The number of nitrogens with one attached hydrogen (secondary N) is 1. The number of nitrogens with zero attached hydrogens (tertiary/aromatic N) is 3. The molecule has 0 aliphatic carbocycles. The summed E-state index contributed by atoms with van der Waals surface area (Å²) in [6, 6.07) is 16.5. The van der Waals surface area contributed by atoms with Crippen LogP contribution >= 0.6 is 0 Å². The van der Waals surface area contributed by atoms with Crippen molar-refractivity contribution in [2.24, 2.45) is 0 Å². The topological polar surface area (TPSA) is 75.2 Å². The molecule has 1 aliphatic rings. The van der Waals surface area contributed by atoms with Crippen molar-refractivity contribution in [3.63, 3.8) is 0 Å². The van der Waals surface area contributed by atoms with Gasteiger partial charge < -0.3 is 5.32 Å². The number of benzene rings is 1. The molecule has 0 atom stereocenters. The van der Waals surface area contributed by atoms with Crippen molar-refractivity contribution in [3.05, 3.63) is 77.9 Å². The molecule has 1 aliphatic heterocycles. The van der Waals surface area contributed by atoms with E-state index >= 15 is 0 Å². The Balaban J connectivity index is 1.43. The van der Waals surface area contributed by atoms with E-state index in [1.54, 1.807) is 0 Å². The van der Waals surface area contributed by atoms with Gasteiger partial charge in [-0.1, -0.05) is 12.1 Å². The highest BCUT2D eigenvalue weighted by Crippen LogP contribution is 2.30. The lowest BCUT2D eigenvalue weighted by Crippen LogP contribution is -2.38. The predicted molar refractivity (Wildman–Crippen MR) is 114 cm³/mol. The van der Waals surface area contributed by atoms with E-state index in [0.717, 1.165) is 17.2 Å². The minimum Gasteiger partial charge on any atom is -0.325 e. The van der Waals surface area contributed by atoms with Gasteiger partial charge in [0.2, 0.25) is 10.0 Å². The van der Waals surface area contributed by atoms with Gasteiger partial charge in [0.15, 0.2) is 0 Å². The van der Waals surface area contributed by atoms with Gasteiger partial charge in [-0.15, -0.1) is 0 Å². The fourth-order valence-electron chi connectivity index (χ4n) is 3.64. The Labute approximate surface area is 175 Å². The van der Waals surface area contributed by atoms with E-state index < -0.39 is 15.8 Å². The number of hydrogen-bond donors (Lipinski definition) is 1. The first-order chi connectivity index (χ1) is 14.4. The van der Waals surface area contributed by atoms with Crippen LogP contribution < -0.4 is 5.32 Å². The van der Waals surface area contributed by atoms with Gasteiger partial charge in [-0.2, -0.15) is 4.31 Å². The summed E-state index contributed by atoms with van der Waals surface area (Å²) in [6.07, 6.45) is 1.36. The predicted octanol–water partition coefficient (Wildman–Crippen LogP) is 4.24. The molecule has 30 heavy (non-hydrogen) atoms. The molecule has 2 aromatic heterocycles. The van der Waals surface area contributed by atoms with Crippen molar-refractivity contribution >= 4 is 21.7 Å². The maximum Gasteiger partial charge on any atom is 0.243 e. The molecule has 0 amide bonds. The zero-order valence-corrected chi connectivity index (χ0v) is 17.4. The number of aryl methyl sites for hydroxylation is 1. The number of pyridine rings is 2. The summed E-state index contributed by atoms with van der Waals surface area (Å²) >= 11 is 0. The molecule has 1 aromatic carbocycles. The summed E-state index contributed by atoms with van der Waals surface area (Å²) in [5.41, 5.74) is 1.86. The van der Waals surface area contributed by atoms with E-state index in [1.165, 1.54) is 28.6 Å². The Morgan fingerprint density at radius 3 is 2.23 bits per heavy atom. The molecule has 1 N–H and O–H groups in total. The van der Waals surface area contributed by atoms with E-state index in [0.29, 0.717) is 31.7 Å². The third-order valence-electron chi connectivity index (χ3n) is 5.24. The molecule has 6 nitrogen and oxygen atoms in total. The Bertz CT molecular complexity index is 1130. The normalized spacial score (nSPS) is 15.8. The van der Waals surface area contributed by atoms with Crippen LogP contribution in [-0.2, 0) is 10.0 Å². The Kier molecular flexibility index (Phi) is 5.78. The van der Waals surface area contributed by atoms with Gasteiger partial charge in [-0.3, -0.25) is 0 Å². The van der Waals surface area contributed by atoms with Crippen molar-refractivity contribution in [2.75, 3.05) is 18.4 Å². The summed E-state index contributed by atoms with van der Waals surface area (Å²) in [5, 5.41) is 3.22. The zero-order chi connectivity index (χ0) is 21.1. The number of halogens is 1. The molecule has 1 fully saturated rings. The van der Waals surface area contributed by atoms with E-state index in [1.807, 2.05) is 43.3 Å². The SMILES string of the molecule is Cc1cccc(Nc2cccc(C3CCN(S(=O)(=O)c4ccc(F)cc4)CC3)n2)n1. The van der Waals surface area contributed by atoms with E-state index in [-0.39, 0.29) is 10.8 Å². The highest BCUT2D eigenvalue weighted by atomic mass is 32.2. The first-order valence-corrected chi connectivity index (χ1v) is 11.3. The standard InChI is InChI=1S/C22H23FN4O2S/c1-16-4-2-6-21(24-16)26-22-7-3-5-20(25-22)17-12-14-27(15-13-17)30(28,29)19-10-8-18(23)9-11-19/h2-11,17H,12-15H2,1H3,(H,24,25,26). The Morgan fingerprint density at radius 2 is 1.57 bits per heavy atom. The summed E-state index contributed by atoms with van der Waals surface area (Å²) in [6.45, 7) is 2.75. The van der Waals surface area contributed by atoms with E-state index in [9.17, 15) is 12.8 Å². The molecule has 0 bridgehead atoms. The van der Waals surface area contributed by atoms with Crippen molar-refractivity contribution in [1.82, 2.24) is 14.3 Å². The number of anilines is 2. The van der Waals surface area contributed by atoms with Crippen LogP contribution in [0.15, 0.2) is 65.6 Å². The lowest BCUT2D eigenvalue weighted by molar-refractivity contribution is 0.317. The average molecular weight is 427 g/mol. The molecule has 8 heteroatoms. The molecule has 0 unspecified atom stereocenters. The number of rotatable bonds is 5. The molecule has 1 saturated heterocycles. The van der Waals surface area contributed by atoms with Crippen molar-refractivity contribution in [3.8, 4) is 0 Å². The van der Waals surface area contributed by atoms with Gasteiger partial charge in [0.05, 0.1) is 4.90 Å². The van der Waals surface area contributed by atoms with Crippen molar-refractivity contribution in [1.29, 1.82) is 0 Å².